The lowest BCUT2D eigenvalue weighted by molar-refractivity contribution is -0.121. The molecular formula is C14H29N3O. The average Bonchev–Trinajstić information content (AvgIpc) is 2.78. The highest BCUT2D eigenvalue weighted by atomic mass is 16.1. The molecule has 0 aromatic rings. The Morgan fingerprint density at radius 3 is 2.78 bits per heavy atom. The Bertz CT molecular complexity index is 237. The van der Waals surface area contributed by atoms with Gasteiger partial charge in [-0.25, -0.2) is 0 Å². The first-order chi connectivity index (χ1) is 8.61. The van der Waals surface area contributed by atoms with Crippen molar-refractivity contribution in [2.24, 2.45) is 0 Å². The van der Waals surface area contributed by atoms with Crippen LogP contribution in [0, 0.1) is 0 Å². The van der Waals surface area contributed by atoms with Gasteiger partial charge in [-0.1, -0.05) is 6.92 Å². The number of nitrogens with zero attached hydrogens (tertiary/aromatic N) is 1. The summed E-state index contributed by atoms with van der Waals surface area (Å²) in [6, 6.07) is 0.873. The Morgan fingerprint density at radius 2 is 2.22 bits per heavy atom. The van der Waals surface area contributed by atoms with Crippen molar-refractivity contribution in [3.8, 4) is 0 Å². The van der Waals surface area contributed by atoms with Crippen LogP contribution in [0.15, 0.2) is 0 Å². The van der Waals surface area contributed by atoms with Crippen LogP contribution >= 0.6 is 0 Å². The number of carbonyl (C=O) groups is 1. The zero-order valence-electron chi connectivity index (χ0n) is 12.2. The van der Waals surface area contributed by atoms with E-state index >= 15 is 0 Å². The lowest BCUT2D eigenvalue weighted by Crippen LogP contribution is -2.40. The zero-order chi connectivity index (χ0) is 13.4. The molecular weight excluding hydrogens is 226 g/mol. The van der Waals surface area contributed by atoms with Gasteiger partial charge in [0.05, 0.1) is 0 Å². The molecule has 0 saturated carbocycles. The van der Waals surface area contributed by atoms with E-state index in [0.29, 0.717) is 12.5 Å². The molecule has 1 saturated heterocycles. The van der Waals surface area contributed by atoms with Gasteiger partial charge in [-0.2, -0.15) is 0 Å². The molecule has 0 aromatic heterocycles. The quantitative estimate of drug-likeness (QED) is 0.688. The number of carbonyl (C=O) groups excluding carboxylic acids is 1. The van der Waals surface area contributed by atoms with Gasteiger partial charge in [-0.15, -0.1) is 0 Å². The van der Waals surface area contributed by atoms with E-state index in [9.17, 15) is 4.79 Å². The molecule has 0 aliphatic carbocycles. The molecule has 1 amide bonds. The highest BCUT2D eigenvalue weighted by Crippen LogP contribution is 2.07. The van der Waals surface area contributed by atoms with Gasteiger partial charge < -0.3 is 15.5 Å². The molecule has 4 nitrogen and oxygen atoms in total. The van der Waals surface area contributed by atoms with E-state index in [1.807, 2.05) is 13.8 Å². The van der Waals surface area contributed by atoms with E-state index in [4.69, 9.17) is 0 Å². The minimum absolute atomic E-state index is 0.172. The molecule has 1 rings (SSSR count). The summed E-state index contributed by atoms with van der Waals surface area (Å²) in [6.45, 7) is 10.4. The minimum Gasteiger partial charge on any atom is -0.354 e. The number of amides is 1. The van der Waals surface area contributed by atoms with Crippen LogP contribution in [0.1, 0.15) is 46.5 Å². The minimum atomic E-state index is 0.172. The van der Waals surface area contributed by atoms with Crippen LogP contribution in [0.5, 0.6) is 0 Å². The summed E-state index contributed by atoms with van der Waals surface area (Å²) in [5.41, 5.74) is 0. The lowest BCUT2D eigenvalue weighted by atomic mass is 10.2. The predicted molar refractivity (Wildman–Crippen MR) is 75.7 cm³/mol. The molecule has 18 heavy (non-hydrogen) atoms. The summed E-state index contributed by atoms with van der Waals surface area (Å²) in [7, 11) is 0. The Morgan fingerprint density at radius 1 is 1.44 bits per heavy atom. The van der Waals surface area contributed by atoms with E-state index in [-0.39, 0.29) is 11.9 Å². The zero-order valence-corrected chi connectivity index (χ0v) is 12.2. The third-order valence-corrected chi connectivity index (χ3v) is 3.29. The summed E-state index contributed by atoms with van der Waals surface area (Å²) in [5.74, 6) is 0.172. The number of hydrogen-bond donors (Lipinski definition) is 2. The first-order valence-corrected chi connectivity index (χ1v) is 7.37. The summed E-state index contributed by atoms with van der Waals surface area (Å²) in [4.78, 5) is 14.1. The Hall–Kier alpha value is -0.610. The normalized spacial score (nSPS) is 19.7. The average molecular weight is 255 g/mol. The summed E-state index contributed by atoms with van der Waals surface area (Å²) >= 11 is 0. The Balaban J connectivity index is 2.25. The second kappa shape index (κ2) is 8.48. The van der Waals surface area contributed by atoms with Crippen LogP contribution < -0.4 is 10.6 Å². The molecule has 2 N–H and O–H groups in total. The molecule has 106 valence electrons. The molecule has 1 aliphatic heterocycles. The van der Waals surface area contributed by atoms with Crippen LogP contribution in [0.4, 0.5) is 0 Å². The monoisotopic (exact) mass is 255 g/mol. The van der Waals surface area contributed by atoms with E-state index in [2.05, 4.69) is 22.5 Å². The molecule has 1 heterocycles. The van der Waals surface area contributed by atoms with Crippen molar-refractivity contribution in [2.45, 2.75) is 58.5 Å². The second-order valence-electron chi connectivity index (χ2n) is 5.57. The maximum Gasteiger partial charge on any atom is 0.221 e. The lowest BCUT2D eigenvalue weighted by Gasteiger charge is -2.25. The fourth-order valence-electron chi connectivity index (χ4n) is 2.49. The Labute approximate surface area is 111 Å². The van der Waals surface area contributed by atoms with E-state index in [0.717, 1.165) is 32.6 Å². The first-order valence-electron chi connectivity index (χ1n) is 7.37. The van der Waals surface area contributed by atoms with E-state index < -0.39 is 0 Å². The maximum atomic E-state index is 11.6. The van der Waals surface area contributed by atoms with Crippen LogP contribution in [-0.2, 0) is 4.79 Å². The topological polar surface area (TPSA) is 44.4 Å². The summed E-state index contributed by atoms with van der Waals surface area (Å²) in [5, 5.41) is 6.48. The molecule has 0 radical (unpaired) electrons. The molecule has 0 bridgehead atoms. The maximum absolute atomic E-state index is 11.6. The van der Waals surface area contributed by atoms with Gasteiger partial charge in [-0.3, -0.25) is 4.79 Å². The van der Waals surface area contributed by atoms with Gasteiger partial charge in [0.15, 0.2) is 0 Å². The third kappa shape index (κ3) is 6.36. The molecule has 1 fully saturated rings. The van der Waals surface area contributed by atoms with Crippen LogP contribution in [-0.4, -0.2) is 49.1 Å². The van der Waals surface area contributed by atoms with Gasteiger partial charge >= 0.3 is 0 Å². The van der Waals surface area contributed by atoms with Crippen molar-refractivity contribution in [1.82, 2.24) is 15.5 Å². The fraction of sp³-hybridized carbons (Fsp3) is 0.929. The largest absolute Gasteiger partial charge is 0.354 e. The molecule has 1 atom stereocenters. The van der Waals surface area contributed by atoms with E-state index in [1.54, 1.807) is 0 Å². The first kappa shape index (κ1) is 15.4. The van der Waals surface area contributed by atoms with Gasteiger partial charge in [-0.05, 0) is 46.2 Å². The van der Waals surface area contributed by atoms with Gasteiger partial charge in [0.25, 0.3) is 0 Å². The molecule has 0 spiro atoms. The highest BCUT2D eigenvalue weighted by molar-refractivity contribution is 5.76. The van der Waals surface area contributed by atoms with Crippen molar-refractivity contribution in [3.63, 3.8) is 0 Å². The molecule has 4 heteroatoms. The fourth-order valence-corrected chi connectivity index (χ4v) is 2.49. The van der Waals surface area contributed by atoms with Crippen molar-refractivity contribution in [2.75, 3.05) is 26.2 Å². The molecule has 1 unspecified atom stereocenters. The van der Waals surface area contributed by atoms with Crippen molar-refractivity contribution in [3.05, 3.63) is 0 Å². The SMILES string of the molecule is CCCN(CCC(=O)NC(C)C)CC1CCCN1. The van der Waals surface area contributed by atoms with Crippen LogP contribution in [0.2, 0.25) is 0 Å². The number of hydrogen-bond acceptors (Lipinski definition) is 3. The van der Waals surface area contributed by atoms with Gasteiger partial charge in [0, 0.05) is 31.6 Å². The second-order valence-corrected chi connectivity index (χ2v) is 5.57. The Kier molecular flexibility index (Phi) is 7.28. The molecule has 0 aromatic carbocycles. The van der Waals surface area contributed by atoms with Gasteiger partial charge in [0.1, 0.15) is 0 Å². The number of rotatable bonds is 8. The van der Waals surface area contributed by atoms with Crippen molar-refractivity contribution in [1.29, 1.82) is 0 Å². The molecule has 1 aliphatic rings. The standard InChI is InChI=1S/C14H29N3O/c1-4-9-17(11-13-6-5-8-15-13)10-7-14(18)16-12(2)3/h12-13,15H,4-11H2,1-3H3,(H,16,18). The van der Waals surface area contributed by atoms with Crippen LogP contribution in [0.3, 0.4) is 0 Å². The highest BCUT2D eigenvalue weighted by Gasteiger charge is 2.17. The van der Waals surface area contributed by atoms with Crippen molar-refractivity contribution >= 4 is 5.91 Å². The van der Waals surface area contributed by atoms with Crippen molar-refractivity contribution < 1.29 is 4.79 Å². The number of nitrogens with one attached hydrogen (secondary N) is 2. The smallest absolute Gasteiger partial charge is 0.221 e. The summed E-state index contributed by atoms with van der Waals surface area (Å²) < 4.78 is 0. The van der Waals surface area contributed by atoms with E-state index in [1.165, 1.54) is 12.8 Å². The van der Waals surface area contributed by atoms with Crippen LogP contribution in [0.25, 0.3) is 0 Å². The summed E-state index contributed by atoms with van der Waals surface area (Å²) in [6.07, 6.45) is 4.33. The predicted octanol–water partition coefficient (Wildman–Crippen LogP) is 1.37. The van der Waals surface area contributed by atoms with Gasteiger partial charge in [0.2, 0.25) is 5.91 Å². The third-order valence-electron chi connectivity index (χ3n) is 3.29.